The fraction of sp³-hybridized carbons (Fsp3) is 0.357. The van der Waals surface area contributed by atoms with E-state index in [0.29, 0.717) is 24.6 Å². The lowest BCUT2D eigenvalue weighted by Crippen LogP contribution is -2.30. The molecule has 7 heteroatoms. The Bertz CT molecular complexity index is 700. The van der Waals surface area contributed by atoms with Crippen LogP contribution in [0.25, 0.3) is 0 Å². The molecule has 0 atom stereocenters. The zero-order valence-electron chi connectivity index (χ0n) is 12.4. The topological polar surface area (TPSA) is 81.2 Å². The fourth-order valence-corrected chi connectivity index (χ4v) is 3.44. The molecule has 1 heterocycles. The van der Waals surface area contributed by atoms with Gasteiger partial charge in [0.25, 0.3) is 10.0 Å². The van der Waals surface area contributed by atoms with E-state index in [9.17, 15) is 8.42 Å². The number of rotatable bonds is 5. The maximum Gasteiger partial charge on any atom is 0.262 e. The number of nitrogen functional groups attached to an aromatic ring is 1. The van der Waals surface area contributed by atoms with E-state index in [1.165, 1.54) is 10.5 Å². The molecular weight excluding hydrogens is 288 g/mol. The second kappa shape index (κ2) is 5.87. The first-order valence-electron chi connectivity index (χ1n) is 6.69. The number of sulfonamides is 1. The van der Waals surface area contributed by atoms with Gasteiger partial charge >= 0.3 is 0 Å². The molecule has 1 aromatic heterocycles. The first kappa shape index (κ1) is 15.5. The van der Waals surface area contributed by atoms with Gasteiger partial charge in [-0.25, -0.2) is 13.4 Å². The molecule has 0 aliphatic heterocycles. The molecule has 21 heavy (non-hydrogen) atoms. The molecule has 0 spiro atoms. The third-order valence-electron chi connectivity index (χ3n) is 3.38. The highest BCUT2D eigenvalue weighted by molar-refractivity contribution is 7.89. The zero-order valence-corrected chi connectivity index (χ0v) is 13.3. The molecule has 0 aliphatic rings. The standard InChI is InChI=1S/C14H20N4O2S/c1-4-18(9-12-5-7-13(15)8-6-12)21(19,20)14-10-17(3)11(2)16-14/h5-8,10H,4,9,15H2,1-3H3. The molecule has 0 saturated carbocycles. The summed E-state index contributed by atoms with van der Waals surface area (Å²) in [5.74, 6) is 0.664. The van der Waals surface area contributed by atoms with Crippen LogP contribution in [0.4, 0.5) is 5.69 Å². The minimum Gasteiger partial charge on any atom is -0.399 e. The van der Waals surface area contributed by atoms with Crippen molar-refractivity contribution in [3.63, 3.8) is 0 Å². The van der Waals surface area contributed by atoms with E-state index < -0.39 is 10.0 Å². The van der Waals surface area contributed by atoms with E-state index in [1.54, 1.807) is 30.7 Å². The number of aromatic nitrogens is 2. The van der Waals surface area contributed by atoms with Crippen LogP contribution in [0, 0.1) is 6.92 Å². The van der Waals surface area contributed by atoms with E-state index in [2.05, 4.69) is 4.98 Å². The molecular formula is C14H20N4O2S. The van der Waals surface area contributed by atoms with Gasteiger partial charge in [0.1, 0.15) is 5.82 Å². The number of aryl methyl sites for hydroxylation is 2. The predicted octanol–water partition coefficient (Wildman–Crippen LogP) is 1.52. The van der Waals surface area contributed by atoms with Gasteiger partial charge in [-0.3, -0.25) is 0 Å². The molecule has 1 aromatic carbocycles. The Morgan fingerprint density at radius 3 is 2.38 bits per heavy atom. The minimum absolute atomic E-state index is 0.0831. The van der Waals surface area contributed by atoms with Gasteiger partial charge in [-0.05, 0) is 24.6 Å². The summed E-state index contributed by atoms with van der Waals surface area (Å²) in [7, 11) is -1.82. The highest BCUT2D eigenvalue weighted by Crippen LogP contribution is 2.18. The van der Waals surface area contributed by atoms with Gasteiger partial charge < -0.3 is 10.3 Å². The van der Waals surface area contributed by atoms with Crippen LogP contribution in [-0.2, 0) is 23.6 Å². The van der Waals surface area contributed by atoms with E-state index in [4.69, 9.17) is 5.73 Å². The molecule has 0 unspecified atom stereocenters. The van der Waals surface area contributed by atoms with E-state index in [-0.39, 0.29) is 5.03 Å². The second-order valence-electron chi connectivity index (χ2n) is 4.91. The Hall–Kier alpha value is -1.86. The van der Waals surface area contributed by atoms with Crippen molar-refractivity contribution in [3.8, 4) is 0 Å². The Balaban J connectivity index is 2.29. The molecule has 114 valence electrons. The average molecular weight is 308 g/mol. The normalized spacial score (nSPS) is 12.0. The summed E-state index contributed by atoms with van der Waals surface area (Å²) in [4.78, 5) is 4.12. The lowest BCUT2D eigenvalue weighted by atomic mass is 10.2. The second-order valence-corrected chi connectivity index (χ2v) is 6.79. The van der Waals surface area contributed by atoms with Crippen molar-refractivity contribution in [2.75, 3.05) is 12.3 Å². The van der Waals surface area contributed by atoms with E-state index in [1.807, 2.05) is 19.1 Å². The summed E-state index contributed by atoms with van der Waals surface area (Å²) in [5, 5.41) is 0.0831. The van der Waals surface area contributed by atoms with Gasteiger partial charge in [-0.1, -0.05) is 19.1 Å². The third-order valence-corrected chi connectivity index (χ3v) is 5.17. The number of nitrogens with two attached hydrogens (primary N) is 1. The zero-order chi connectivity index (χ0) is 15.6. The van der Waals surface area contributed by atoms with Gasteiger partial charge in [-0.15, -0.1) is 0 Å². The van der Waals surface area contributed by atoms with Crippen LogP contribution in [0.15, 0.2) is 35.5 Å². The van der Waals surface area contributed by atoms with Crippen LogP contribution in [0.3, 0.4) is 0 Å². The van der Waals surface area contributed by atoms with Crippen LogP contribution in [0.5, 0.6) is 0 Å². The number of nitrogens with zero attached hydrogens (tertiary/aromatic N) is 3. The van der Waals surface area contributed by atoms with Gasteiger partial charge in [0.15, 0.2) is 5.03 Å². The summed E-state index contributed by atoms with van der Waals surface area (Å²) >= 11 is 0. The molecule has 0 radical (unpaired) electrons. The van der Waals surface area contributed by atoms with Crippen molar-refractivity contribution in [1.82, 2.24) is 13.9 Å². The first-order chi connectivity index (χ1) is 9.84. The number of imidazole rings is 1. The van der Waals surface area contributed by atoms with Gasteiger partial charge in [0.05, 0.1) is 0 Å². The molecule has 0 aliphatic carbocycles. The number of hydrogen-bond donors (Lipinski definition) is 1. The van der Waals surface area contributed by atoms with Crippen LogP contribution in [0.2, 0.25) is 0 Å². The molecule has 2 rings (SSSR count). The molecule has 2 aromatic rings. The smallest absolute Gasteiger partial charge is 0.262 e. The Kier molecular flexibility index (Phi) is 4.34. The lowest BCUT2D eigenvalue weighted by Gasteiger charge is -2.19. The highest BCUT2D eigenvalue weighted by Gasteiger charge is 2.26. The molecule has 2 N–H and O–H groups in total. The largest absolute Gasteiger partial charge is 0.399 e. The molecule has 6 nitrogen and oxygen atoms in total. The average Bonchev–Trinajstić information content (AvgIpc) is 2.78. The fourth-order valence-electron chi connectivity index (χ4n) is 1.98. The predicted molar refractivity (Wildman–Crippen MR) is 82.1 cm³/mol. The first-order valence-corrected chi connectivity index (χ1v) is 8.13. The lowest BCUT2D eigenvalue weighted by molar-refractivity contribution is 0.421. The van der Waals surface area contributed by atoms with Crippen LogP contribution < -0.4 is 5.73 Å². The summed E-state index contributed by atoms with van der Waals surface area (Å²) in [5.41, 5.74) is 7.19. The van der Waals surface area contributed by atoms with Crippen molar-refractivity contribution in [1.29, 1.82) is 0 Å². The van der Waals surface area contributed by atoms with Crippen LogP contribution in [-0.4, -0.2) is 28.8 Å². The Labute approximate surface area is 125 Å². The maximum absolute atomic E-state index is 12.6. The third kappa shape index (κ3) is 3.25. The minimum atomic E-state index is -3.59. The van der Waals surface area contributed by atoms with Gasteiger partial charge in [0, 0.05) is 32.0 Å². The van der Waals surface area contributed by atoms with E-state index in [0.717, 1.165) is 5.56 Å². The SMILES string of the molecule is CCN(Cc1ccc(N)cc1)S(=O)(=O)c1cn(C)c(C)n1. The summed E-state index contributed by atoms with van der Waals surface area (Å²) in [6.45, 7) is 4.26. The molecule has 0 saturated heterocycles. The van der Waals surface area contributed by atoms with Crippen molar-refractivity contribution in [2.45, 2.75) is 25.4 Å². The Morgan fingerprint density at radius 2 is 1.90 bits per heavy atom. The van der Waals surface area contributed by atoms with E-state index >= 15 is 0 Å². The summed E-state index contributed by atoms with van der Waals surface area (Å²) in [6, 6.07) is 7.19. The molecule has 0 fully saturated rings. The number of anilines is 1. The number of hydrogen-bond acceptors (Lipinski definition) is 4. The van der Waals surface area contributed by atoms with Gasteiger partial charge in [-0.2, -0.15) is 4.31 Å². The van der Waals surface area contributed by atoms with Crippen molar-refractivity contribution in [3.05, 3.63) is 41.9 Å². The Morgan fingerprint density at radius 1 is 1.29 bits per heavy atom. The molecule has 0 bridgehead atoms. The summed E-state index contributed by atoms with van der Waals surface area (Å²) < 4.78 is 28.4. The van der Waals surface area contributed by atoms with Crippen LogP contribution >= 0.6 is 0 Å². The van der Waals surface area contributed by atoms with Crippen molar-refractivity contribution >= 4 is 15.7 Å². The van der Waals surface area contributed by atoms with Crippen molar-refractivity contribution in [2.24, 2.45) is 7.05 Å². The van der Waals surface area contributed by atoms with Gasteiger partial charge in [0.2, 0.25) is 0 Å². The highest BCUT2D eigenvalue weighted by atomic mass is 32.2. The van der Waals surface area contributed by atoms with Crippen LogP contribution in [0.1, 0.15) is 18.3 Å². The maximum atomic E-state index is 12.6. The number of benzene rings is 1. The monoisotopic (exact) mass is 308 g/mol. The summed E-state index contributed by atoms with van der Waals surface area (Å²) in [6.07, 6.45) is 1.54. The van der Waals surface area contributed by atoms with Crippen molar-refractivity contribution < 1.29 is 8.42 Å². The quantitative estimate of drug-likeness (QED) is 0.849. The molecule has 0 amide bonds.